The van der Waals surface area contributed by atoms with E-state index in [1.54, 1.807) is 12.3 Å². The van der Waals surface area contributed by atoms with Crippen molar-refractivity contribution in [3.8, 4) is 5.75 Å². The Morgan fingerprint density at radius 3 is 2.30 bits per heavy atom. The Bertz CT molecular complexity index is 1490. The largest absolute Gasteiger partial charge is 0.486 e. The third kappa shape index (κ3) is 10.7. The summed E-state index contributed by atoms with van der Waals surface area (Å²) in [5.74, 6) is 0.521. The van der Waals surface area contributed by atoms with Crippen LogP contribution in [0.4, 0.5) is 5.69 Å². The Labute approximate surface area is 254 Å². The van der Waals surface area contributed by atoms with Gasteiger partial charge >= 0.3 is 5.63 Å². The molecule has 0 aliphatic carbocycles. The monoisotopic (exact) mass is 587 g/mol. The van der Waals surface area contributed by atoms with Crippen molar-refractivity contribution >= 4 is 33.5 Å². The first kappa shape index (κ1) is 32.1. The van der Waals surface area contributed by atoms with Crippen molar-refractivity contribution in [1.82, 2.24) is 0 Å². The Balaban J connectivity index is 1.07. The number of amides is 1. The average molecular weight is 588 g/mol. The quantitative estimate of drug-likeness (QED) is 0.0483. The molecule has 0 radical (unpaired) electrons. The molecule has 230 valence electrons. The summed E-state index contributed by atoms with van der Waals surface area (Å²) in [6.07, 6.45) is 26.3. The third-order valence-electron chi connectivity index (χ3n) is 7.68. The first-order valence-corrected chi connectivity index (χ1v) is 16.1. The second-order valence-corrected chi connectivity index (χ2v) is 11.3. The molecule has 1 aromatic carbocycles. The molecule has 1 N–H and O–H groups in total. The van der Waals surface area contributed by atoms with Gasteiger partial charge < -0.3 is 18.9 Å². The fourth-order valence-corrected chi connectivity index (χ4v) is 5.25. The lowest BCUT2D eigenvalue weighted by atomic mass is 10.1. The van der Waals surface area contributed by atoms with Gasteiger partial charge in [-0.3, -0.25) is 4.79 Å². The number of pyridine rings is 1. The van der Waals surface area contributed by atoms with E-state index in [9.17, 15) is 9.59 Å². The summed E-state index contributed by atoms with van der Waals surface area (Å²) in [6.45, 7) is 3.42. The molecule has 0 fully saturated rings. The molecule has 0 saturated heterocycles. The summed E-state index contributed by atoms with van der Waals surface area (Å²) in [5, 5.41) is 4.69. The normalized spacial score (nSPS) is 11.6. The first-order chi connectivity index (χ1) is 21.1. The summed E-state index contributed by atoms with van der Waals surface area (Å²) in [5.41, 5.74) is 1.35. The molecule has 0 bridgehead atoms. The maximum atomic E-state index is 12.4. The Kier molecular flexibility index (Phi) is 13.4. The average Bonchev–Trinajstić information content (AvgIpc) is 3.48. The van der Waals surface area contributed by atoms with Crippen LogP contribution in [-0.2, 0) is 11.3 Å². The highest BCUT2D eigenvalue weighted by atomic mass is 16.5. The fraction of sp³-hybridized carbons (Fsp3) is 0.472. The fourth-order valence-electron chi connectivity index (χ4n) is 5.25. The van der Waals surface area contributed by atoms with Gasteiger partial charge in [-0.2, -0.15) is 0 Å². The maximum absolute atomic E-state index is 12.4. The summed E-state index contributed by atoms with van der Waals surface area (Å²) >= 11 is 0. The predicted octanol–water partition coefficient (Wildman–Crippen LogP) is 8.88. The Hall–Kier alpha value is -3.87. The number of ether oxygens (including phenoxy) is 1. The number of rotatable bonds is 20. The van der Waals surface area contributed by atoms with Gasteiger partial charge in [0.2, 0.25) is 11.7 Å². The van der Waals surface area contributed by atoms with Gasteiger partial charge in [-0.1, -0.05) is 64.0 Å². The van der Waals surface area contributed by atoms with Gasteiger partial charge in [0.1, 0.15) is 0 Å². The summed E-state index contributed by atoms with van der Waals surface area (Å²) in [6, 6.07) is 10.7. The highest BCUT2D eigenvalue weighted by Crippen LogP contribution is 2.35. The number of nitrogens with zero attached hydrogens (tertiary/aromatic N) is 1. The van der Waals surface area contributed by atoms with Crippen LogP contribution in [0.15, 0.2) is 80.8 Å². The van der Waals surface area contributed by atoms with Crippen LogP contribution in [0, 0.1) is 0 Å². The van der Waals surface area contributed by atoms with Crippen LogP contribution in [-0.4, -0.2) is 12.5 Å². The number of aryl methyl sites for hydroxylation is 1. The number of anilines is 1. The van der Waals surface area contributed by atoms with Crippen molar-refractivity contribution in [2.24, 2.45) is 0 Å². The van der Waals surface area contributed by atoms with Gasteiger partial charge in [0.25, 0.3) is 0 Å². The van der Waals surface area contributed by atoms with E-state index >= 15 is 0 Å². The van der Waals surface area contributed by atoms with Crippen LogP contribution in [0.25, 0.3) is 21.9 Å². The number of furan rings is 1. The maximum Gasteiger partial charge on any atom is 0.336 e. The zero-order chi connectivity index (χ0) is 30.1. The lowest BCUT2D eigenvalue weighted by Gasteiger charge is -2.08. The zero-order valence-electron chi connectivity index (χ0n) is 25.7. The molecule has 43 heavy (non-hydrogen) atoms. The molecule has 0 saturated carbocycles. The number of allylic oxidation sites excluding steroid dienone is 2. The van der Waals surface area contributed by atoms with E-state index in [0.29, 0.717) is 29.9 Å². The molecule has 7 nitrogen and oxygen atoms in total. The molecular weight excluding hydrogens is 540 g/mol. The van der Waals surface area contributed by atoms with Gasteiger partial charge in [0, 0.05) is 41.8 Å². The first-order valence-electron chi connectivity index (χ1n) is 16.1. The molecular formula is C36H47N2O5+. The van der Waals surface area contributed by atoms with Crippen LogP contribution >= 0.6 is 0 Å². The number of carbonyl (C=O) groups excluding carboxylic acids is 1. The molecule has 0 atom stereocenters. The molecule has 4 rings (SSSR count). The van der Waals surface area contributed by atoms with Crippen LogP contribution in [0.3, 0.4) is 0 Å². The zero-order valence-corrected chi connectivity index (χ0v) is 25.7. The number of nitrogens with one attached hydrogen (secondary N) is 1. The lowest BCUT2D eigenvalue weighted by Crippen LogP contribution is -2.33. The van der Waals surface area contributed by atoms with Crippen LogP contribution in [0.1, 0.15) is 96.8 Å². The minimum Gasteiger partial charge on any atom is -0.486 e. The Morgan fingerprint density at radius 2 is 1.53 bits per heavy atom. The second kappa shape index (κ2) is 17.9. The SMILES string of the molecule is CCCCCCCC=CCCCCCCCC(=O)Nc1cc[n+](CCCOc2c3occc3cc3ccc(=O)oc23)cc1. The topological polar surface area (TPSA) is 85.6 Å². The summed E-state index contributed by atoms with van der Waals surface area (Å²) in [7, 11) is 0. The van der Waals surface area contributed by atoms with E-state index < -0.39 is 5.63 Å². The second-order valence-electron chi connectivity index (χ2n) is 11.3. The molecule has 7 heteroatoms. The van der Waals surface area contributed by atoms with E-state index in [2.05, 4.69) is 24.4 Å². The number of unbranched alkanes of at least 4 members (excludes halogenated alkanes) is 10. The van der Waals surface area contributed by atoms with Gasteiger partial charge in [0.15, 0.2) is 30.1 Å². The van der Waals surface area contributed by atoms with Gasteiger partial charge in [-0.05, 0) is 50.3 Å². The van der Waals surface area contributed by atoms with Gasteiger partial charge in [-0.15, -0.1) is 0 Å². The molecule has 4 aromatic rings. The lowest BCUT2D eigenvalue weighted by molar-refractivity contribution is -0.697. The molecule has 0 spiro atoms. The van der Waals surface area contributed by atoms with Crippen LogP contribution in [0.2, 0.25) is 0 Å². The van der Waals surface area contributed by atoms with Crippen molar-refractivity contribution in [3.63, 3.8) is 0 Å². The highest BCUT2D eigenvalue weighted by molar-refractivity contribution is 5.99. The molecule has 3 aromatic heterocycles. The number of hydrogen-bond donors (Lipinski definition) is 1. The van der Waals surface area contributed by atoms with Crippen molar-refractivity contribution in [1.29, 1.82) is 0 Å². The number of fused-ring (bicyclic) bond motifs is 2. The minimum atomic E-state index is -0.427. The van der Waals surface area contributed by atoms with E-state index in [-0.39, 0.29) is 5.91 Å². The molecule has 0 aliphatic heterocycles. The Morgan fingerprint density at radius 1 is 0.837 bits per heavy atom. The van der Waals surface area contributed by atoms with Crippen molar-refractivity contribution in [2.45, 2.75) is 103 Å². The number of benzene rings is 1. The summed E-state index contributed by atoms with van der Waals surface area (Å²) < 4.78 is 19.1. The number of hydrogen-bond acceptors (Lipinski definition) is 5. The highest BCUT2D eigenvalue weighted by Gasteiger charge is 2.15. The predicted molar refractivity (Wildman–Crippen MR) is 172 cm³/mol. The standard InChI is InChI=1S/C36H46N2O5/c1-2-3-4-5-6-7-8-9-10-11-12-13-14-15-17-32(39)37-31-20-24-38(25-21-31)23-16-26-41-36-34-30(22-27-42-34)28-29-18-19-33(40)43-35(29)36/h8-9,18-22,24-25,27-28H,2-7,10-17,23,26H2,1H3/p+1. The number of aromatic nitrogens is 1. The van der Waals surface area contributed by atoms with Gasteiger partial charge in [0.05, 0.1) is 18.6 Å². The minimum absolute atomic E-state index is 0.0685. The molecule has 0 unspecified atom stereocenters. The van der Waals surface area contributed by atoms with Crippen LogP contribution < -0.4 is 20.2 Å². The smallest absolute Gasteiger partial charge is 0.336 e. The van der Waals surface area contributed by atoms with E-state index in [0.717, 1.165) is 42.3 Å². The molecule has 0 aliphatic rings. The molecule has 3 heterocycles. The van der Waals surface area contributed by atoms with Crippen molar-refractivity contribution < 1.29 is 22.9 Å². The number of carbonyl (C=O) groups is 1. The van der Waals surface area contributed by atoms with E-state index in [1.165, 1.54) is 70.3 Å². The van der Waals surface area contributed by atoms with E-state index in [4.69, 9.17) is 13.6 Å². The summed E-state index contributed by atoms with van der Waals surface area (Å²) in [4.78, 5) is 24.2. The van der Waals surface area contributed by atoms with Crippen molar-refractivity contribution in [3.05, 3.63) is 77.6 Å². The third-order valence-corrected chi connectivity index (χ3v) is 7.68. The van der Waals surface area contributed by atoms with Gasteiger partial charge in [-0.25, -0.2) is 9.36 Å². The molecule has 1 amide bonds. The van der Waals surface area contributed by atoms with Crippen molar-refractivity contribution in [2.75, 3.05) is 11.9 Å². The van der Waals surface area contributed by atoms with Crippen LogP contribution in [0.5, 0.6) is 5.75 Å². The van der Waals surface area contributed by atoms with E-state index in [1.807, 2.05) is 41.2 Å².